The first kappa shape index (κ1) is 13.0. The summed E-state index contributed by atoms with van der Waals surface area (Å²) in [6.45, 7) is 2.26. The molecular weight excluding hydrogens is 306 g/mol. The number of sulfonamides is 1. The molecular formula is C10H16BrN3O2S. The van der Waals surface area contributed by atoms with E-state index in [0.717, 1.165) is 18.2 Å². The van der Waals surface area contributed by atoms with Gasteiger partial charge in [0.15, 0.2) is 5.03 Å². The van der Waals surface area contributed by atoms with Crippen LogP contribution in [-0.2, 0) is 17.1 Å². The smallest absolute Gasteiger partial charge is 0.259 e. The third kappa shape index (κ3) is 2.71. The van der Waals surface area contributed by atoms with Gasteiger partial charge in [-0.25, -0.2) is 18.1 Å². The minimum absolute atomic E-state index is 0.0999. The number of imidazole rings is 1. The largest absolute Gasteiger partial charge is 0.337 e. The van der Waals surface area contributed by atoms with Crippen molar-refractivity contribution in [3.8, 4) is 0 Å². The summed E-state index contributed by atoms with van der Waals surface area (Å²) in [5.41, 5.74) is 0.122. The topological polar surface area (TPSA) is 64.0 Å². The number of aromatic nitrogens is 2. The van der Waals surface area contributed by atoms with E-state index >= 15 is 0 Å². The Hall–Kier alpha value is -0.400. The molecule has 0 bridgehead atoms. The number of nitrogens with zero attached hydrogens (tertiary/aromatic N) is 2. The van der Waals surface area contributed by atoms with Crippen LogP contribution in [0.25, 0.3) is 0 Å². The highest BCUT2D eigenvalue weighted by molar-refractivity contribution is 9.09. The Morgan fingerprint density at radius 3 is 2.65 bits per heavy atom. The van der Waals surface area contributed by atoms with Gasteiger partial charge in [0.25, 0.3) is 10.0 Å². The molecule has 1 N–H and O–H groups in total. The Kier molecular flexibility index (Phi) is 3.35. The van der Waals surface area contributed by atoms with E-state index in [-0.39, 0.29) is 10.4 Å². The number of alkyl halides is 1. The van der Waals surface area contributed by atoms with E-state index < -0.39 is 10.0 Å². The van der Waals surface area contributed by atoms with Crippen LogP contribution in [0.1, 0.15) is 18.7 Å². The number of rotatable bonds is 5. The van der Waals surface area contributed by atoms with Crippen molar-refractivity contribution in [2.45, 2.75) is 24.8 Å². The molecule has 1 aromatic rings. The summed E-state index contributed by atoms with van der Waals surface area (Å²) in [6, 6.07) is 0. The van der Waals surface area contributed by atoms with Gasteiger partial charge < -0.3 is 4.57 Å². The van der Waals surface area contributed by atoms with Crippen molar-refractivity contribution in [1.29, 1.82) is 0 Å². The van der Waals surface area contributed by atoms with E-state index in [1.54, 1.807) is 18.5 Å². The van der Waals surface area contributed by atoms with E-state index in [2.05, 4.69) is 25.6 Å². The molecule has 0 aromatic carbocycles. The molecule has 5 nitrogen and oxygen atoms in total. The quantitative estimate of drug-likeness (QED) is 0.828. The van der Waals surface area contributed by atoms with Gasteiger partial charge in [0, 0.05) is 25.1 Å². The average molecular weight is 322 g/mol. The Morgan fingerprint density at radius 1 is 1.59 bits per heavy atom. The van der Waals surface area contributed by atoms with Crippen LogP contribution in [0.3, 0.4) is 0 Å². The highest BCUT2D eigenvalue weighted by Gasteiger charge is 2.42. The highest BCUT2D eigenvalue weighted by atomic mass is 79.9. The lowest BCUT2D eigenvalue weighted by atomic mass is 10.1. The number of aryl methyl sites for hydroxylation is 2. The summed E-state index contributed by atoms with van der Waals surface area (Å²) in [5.74, 6) is 0.687. The number of nitrogens with one attached hydrogen (secondary N) is 1. The Labute approximate surface area is 110 Å². The second kappa shape index (κ2) is 4.37. The highest BCUT2D eigenvalue weighted by Crippen LogP contribution is 2.46. The molecule has 1 fully saturated rings. The Balaban J connectivity index is 2.09. The summed E-state index contributed by atoms with van der Waals surface area (Å²) in [5, 5.41) is 0.937. The maximum absolute atomic E-state index is 12.0. The van der Waals surface area contributed by atoms with Crippen molar-refractivity contribution in [3.63, 3.8) is 0 Å². The minimum atomic E-state index is -3.47. The van der Waals surface area contributed by atoms with Crippen molar-refractivity contribution < 1.29 is 8.42 Å². The van der Waals surface area contributed by atoms with Crippen LogP contribution in [-0.4, -0.2) is 29.8 Å². The second-order valence-electron chi connectivity index (χ2n) is 4.70. The molecule has 0 unspecified atom stereocenters. The van der Waals surface area contributed by atoms with Crippen molar-refractivity contribution in [2.75, 3.05) is 11.9 Å². The zero-order valence-corrected chi connectivity index (χ0v) is 12.3. The molecule has 0 atom stereocenters. The molecule has 1 aliphatic carbocycles. The molecule has 0 aliphatic heterocycles. The van der Waals surface area contributed by atoms with Gasteiger partial charge in [-0.1, -0.05) is 15.9 Å². The summed E-state index contributed by atoms with van der Waals surface area (Å²) in [7, 11) is -1.69. The number of hydrogen-bond acceptors (Lipinski definition) is 3. The SMILES string of the molecule is Cc1nc(S(=O)(=O)NCC2(CBr)CC2)cn1C. The van der Waals surface area contributed by atoms with Crippen molar-refractivity contribution in [1.82, 2.24) is 14.3 Å². The van der Waals surface area contributed by atoms with E-state index in [9.17, 15) is 8.42 Å². The third-order valence-electron chi connectivity index (χ3n) is 3.24. The molecule has 7 heteroatoms. The fourth-order valence-corrected chi connectivity index (χ4v) is 3.46. The van der Waals surface area contributed by atoms with Crippen LogP contribution < -0.4 is 4.72 Å². The van der Waals surface area contributed by atoms with E-state index in [4.69, 9.17) is 0 Å². The van der Waals surface area contributed by atoms with Gasteiger partial charge in [-0.05, 0) is 25.2 Å². The summed E-state index contributed by atoms with van der Waals surface area (Å²) in [6.07, 6.45) is 3.68. The third-order valence-corrected chi connectivity index (χ3v) is 5.70. The van der Waals surface area contributed by atoms with Crippen LogP contribution in [0.2, 0.25) is 0 Å². The van der Waals surface area contributed by atoms with Crippen LogP contribution in [0, 0.1) is 12.3 Å². The normalized spacial score (nSPS) is 18.3. The first-order valence-corrected chi connectivity index (χ1v) is 8.05. The molecule has 2 rings (SSSR count). The predicted octanol–water partition coefficient (Wildman–Crippen LogP) is 1.18. The molecule has 96 valence electrons. The molecule has 1 aliphatic rings. The second-order valence-corrected chi connectivity index (χ2v) is 6.97. The van der Waals surface area contributed by atoms with Crippen molar-refractivity contribution in [3.05, 3.63) is 12.0 Å². The summed E-state index contributed by atoms with van der Waals surface area (Å²) < 4.78 is 28.3. The Bertz CT molecular complexity index is 500. The number of halogens is 1. The molecule has 0 saturated heterocycles. The van der Waals surface area contributed by atoms with E-state index in [0.29, 0.717) is 12.4 Å². The molecule has 17 heavy (non-hydrogen) atoms. The van der Waals surface area contributed by atoms with Gasteiger partial charge in [0.05, 0.1) is 0 Å². The maximum Gasteiger partial charge on any atom is 0.259 e. The van der Waals surface area contributed by atoms with Crippen molar-refractivity contribution >= 4 is 26.0 Å². The van der Waals surface area contributed by atoms with Gasteiger partial charge in [0.1, 0.15) is 5.82 Å². The van der Waals surface area contributed by atoms with Gasteiger partial charge in [-0.15, -0.1) is 0 Å². The molecule has 0 amide bonds. The van der Waals surface area contributed by atoms with Gasteiger partial charge in [-0.2, -0.15) is 0 Å². The fraction of sp³-hybridized carbons (Fsp3) is 0.700. The minimum Gasteiger partial charge on any atom is -0.337 e. The maximum atomic E-state index is 12.0. The van der Waals surface area contributed by atoms with E-state index in [1.165, 1.54) is 6.20 Å². The van der Waals surface area contributed by atoms with Crippen LogP contribution in [0.4, 0.5) is 0 Å². The summed E-state index contributed by atoms with van der Waals surface area (Å²) in [4.78, 5) is 4.03. The fourth-order valence-electron chi connectivity index (χ4n) is 1.51. The molecule has 1 aromatic heterocycles. The van der Waals surface area contributed by atoms with E-state index in [1.807, 2.05) is 0 Å². The van der Waals surface area contributed by atoms with Gasteiger partial charge in [0.2, 0.25) is 0 Å². The van der Waals surface area contributed by atoms with Crippen LogP contribution in [0.5, 0.6) is 0 Å². The number of hydrogen-bond donors (Lipinski definition) is 1. The zero-order valence-electron chi connectivity index (χ0n) is 9.90. The lowest BCUT2D eigenvalue weighted by Crippen LogP contribution is -2.31. The first-order valence-electron chi connectivity index (χ1n) is 5.44. The first-order chi connectivity index (χ1) is 7.88. The zero-order chi connectivity index (χ0) is 12.7. The summed E-state index contributed by atoms with van der Waals surface area (Å²) >= 11 is 3.42. The molecule has 0 spiro atoms. The monoisotopic (exact) mass is 321 g/mol. The average Bonchev–Trinajstić information content (AvgIpc) is 2.99. The standard InChI is InChI=1S/C10H16BrN3O2S/c1-8-13-9(5-14(8)2)17(15,16)12-7-10(6-11)3-4-10/h5,12H,3-4,6-7H2,1-2H3. The van der Waals surface area contributed by atoms with Gasteiger partial charge >= 0.3 is 0 Å². The molecule has 1 saturated carbocycles. The van der Waals surface area contributed by atoms with Crippen LogP contribution in [0.15, 0.2) is 11.2 Å². The molecule has 0 radical (unpaired) electrons. The lowest BCUT2D eigenvalue weighted by Gasteiger charge is -2.11. The van der Waals surface area contributed by atoms with Crippen LogP contribution >= 0.6 is 15.9 Å². The Morgan fingerprint density at radius 2 is 2.24 bits per heavy atom. The van der Waals surface area contributed by atoms with Crippen molar-refractivity contribution in [2.24, 2.45) is 12.5 Å². The lowest BCUT2D eigenvalue weighted by molar-refractivity contribution is 0.536. The predicted molar refractivity (Wildman–Crippen MR) is 68.6 cm³/mol. The molecule has 1 heterocycles. The van der Waals surface area contributed by atoms with Gasteiger partial charge in [-0.3, -0.25) is 0 Å².